The minimum atomic E-state index is -2.10. The van der Waals surface area contributed by atoms with E-state index in [1.54, 1.807) is 30.3 Å². The standard InChI is InChI=1S/C14H14O6/c1-2-14(18)10(20-13(17)11(14)15)8-19-12(16)9-6-4-3-5-7-9/h1,3-7,10-11,13,15,17-18H,8H2/t10-,11+,13?,14-/m1/s1. The maximum absolute atomic E-state index is 11.7. The van der Waals surface area contributed by atoms with Gasteiger partial charge in [-0.25, -0.2) is 4.79 Å². The first-order valence-corrected chi connectivity index (χ1v) is 5.93. The van der Waals surface area contributed by atoms with Gasteiger partial charge in [0.05, 0.1) is 5.56 Å². The van der Waals surface area contributed by atoms with E-state index in [-0.39, 0.29) is 6.61 Å². The lowest BCUT2D eigenvalue weighted by molar-refractivity contribution is -0.133. The molecule has 1 heterocycles. The second-order valence-corrected chi connectivity index (χ2v) is 4.39. The van der Waals surface area contributed by atoms with Gasteiger partial charge >= 0.3 is 5.97 Å². The van der Waals surface area contributed by atoms with E-state index in [0.717, 1.165) is 0 Å². The quantitative estimate of drug-likeness (QED) is 0.499. The predicted molar refractivity (Wildman–Crippen MR) is 67.4 cm³/mol. The molecular formula is C14H14O6. The minimum absolute atomic E-state index is 0.329. The van der Waals surface area contributed by atoms with Crippen molar-refractivity contribution in [2.75, 3.05) is 6.61 Å². The fourth-order valence-electron chi connectivity index (χ4n) is 1.91. The van der Waals surface area contributed by atoms with Gasteiger partial charge in [0.2, 0.25) is 0 Å². The van der Waals surface area contributed by atoms with Crippen molar-refractivity contribution in [3.05, 3.63) is 35.9 Å². The van der Waals surface area contributed by atoms with E-state index in [2.05, 4.69) is 0 Å². The third-order valence-corrected chi connectivity index (χ3v) is 3.12. The molecule has 1 saturated heterocycles. The van der Waals surface area contributed by atoms with Crippen LogP contribution >= 0.6 is 0 Å². The number of carbonyl (C=O) groups excluding carboxylic acids is 1. The summed E-state index contributed by atoms with van der Waals surface area (Å²) in [6.07, 6.45) is 0.646. The number of terminal acetylenes is 1. The van der Waals surface area contributed by atoms with Crippen LogP contribution < -0.4 is 0 Å². The first kappa shape index (κ1) is 14.5. The third kappa shape index (κ3) is 2.53. The van der Waals surface area contributed by atoms with Crippen LogP contribution in [0.5, 0.6) is 0 Å². The van der Waals surface area contributed by atoms with Crippen LogP contribution in [0.25, 0.3) is 0 Å². The van der Waals surface area contributed by atoms with E-state index in [9.17, 15) is 20.1 Å². The van der Waals surface area contributed by atoms with E-state index >= 15 is 0 Å². The number of esters is 1. The lowest BCUT2D eigenvalue weighted by atomic mass is 9.94. The maximum Gasteiger partial charge on any atom is 0.338 e. The van der Waals surface area contributed by atoms with Crippen molar-refractivity contribution in [1.29, 1.82) is 0 Å². The Morgan fingerprint density at radius 2 is 2.05 bits per heavy atom. The van der Waals surface area contributed by atoms with E-state index in [1.165, 1.54) is 0 Å². The SMILES string of the molecule is C#C[C@@]1(O)[C@@H](COC(=O)c2ccccc2)OC(O)[C@@H]1O. The minimum Gasteiger partial charge on any atom is -0.459 e. The first-order valence-electron chi connectivity index (χ1n) is 5.93. The predicted octanol–water partition coefficient (Wildman–Crippen LogP) is -0.714. The number of hydrogen-bond acceptors (Lipinski definition) is 6. The van der Waals surface area contributed by atoms with Gasteiger partial charge in [0.25, 0.3) is 0 Å². The van der Waals surface area contributed by atoms with Crippen molar-refractivity contribution in [1.82, 2.24) is 0 Å². The Morgan fingerprint density at radius 1 is 1.40 bits per heavy atom. The van der Waals surface area contributed by atoms with Crippen LogP contribution in [0.2, 0.25) is 0 Å². The first-order chi connectivity index (χ1) is 9.49. The molecule has 0 spiro atoms. The van der Waals surface area contributed by atoms with Crippen LogP contribution in [0.15, 0.2) is 30.3 Å². The number of rotatable bonds is 3. The largest absolute Gasteiger partial charge is 0.459 e. The van der Waals surface area contributed by atoms with Crippen molar-refractivity contribution in [3.63, 3.8) is 0 Å². The zero-order valence-electron chi connectivity index (χ0n) is 10.5. The van der Waals surface area contributed by atoms with Crippen molar-refractivity contribution in [3.8, 4) is 12.3 Å². The van der Waals surface area contributed by atoms with E-state index in [4.69, 9.17) is 15.9 Å². The Bertz CT molecular complexity index is 522. The molecule has 1 aliphatic heterocycles. The molecule has 1 aromatic rings. The van der Waals surface area contributed by atoms with E-state index < -0.39 is 30.1 Å². The van der Waals surface area contributed by atoms with Crippen LogP contribution in [0.4, 0.5) is 0 Å². The molecule has 1 aliphatic rings. The molecule has 0 radical (unpaired) electrons. The summed E-state index contributed by atoms with van der Waals surface area (Å²) in [5.41, 5.74) is -1.77. The zero-order chi connectivity index (χ0) is 14.8. The number of benzene rings is 1. The average Bonchev–Trinajstić information content (AvgIpc) is 2.70. The lowest BCUT2D eigenvalue weighted by Crippen LogP contribution is -2.48. The normalized spacial score (nSPS) is 32.6. The summed E-state index contributed by atoms with van der Waals surface area (Å²) in [5, 5.41) is 28.9. The summed E-state index contributed by atoms with van der Waals surface area (Å²) in [6.45, 7) is -0.386. The van der Waals surface area contributed by atoms with Crippen LogP contribution in [0.1, 0.15) is 10.4 Å². The van der Waals surface area contributed by atoms with Crippen molar-refractivity contribution in [2.45, 2.75) is 24.1 Å². The average molecular weight is 278 g/mol. The summed E-state index contributed by atoms with van der Waals surface area (Å²) in [5.74, 6) is 1.34. The van der Waals surface area contributed by atoms with Crippen LogP contribution in [0.3, 0.4) is 0 Å². The fourth-order valence-corrected chi connectivity index (χ4v) is 1.91. The number of carbonyl (C=O) groups is 1. The summed E-state index contributed by atoms with van der Waals surface area (Å²) in [6, 6.07) is 8.23. The summed E-state index contributed by atoms with van der Waals surface area (Å²) in [7, 11) is 0. The summed E-state index contributed by atoms with van der Waals surface area (Å²) < 4.78 is 9.87. The molecule has 0 aromatic heterocycles. The summed E-state index contributed by atoms with van der Waals surface area (Å²) >= 11 is 0. The molecule has 2 rings (SSSR count). The molecule has 1 fully saturated rings. The van der Waals surface area contributed by atoms with Gasteiger partial charge in [0, 0.05) is 0 Å². The molecule has 0 bridgehead atoms. The second kappa shape index (κ2) is 5.61. The lowest BCUT2D eigenvalue weighted by Gasteiger charge is -2.24. The second-order valence-electron chi connectivity index (χ2n) is 4.39. The number of ether oxygens (including phenoxy) is 2. The van der Waals surface area contributed by atoms with E-state index in [1.807, 2.05) is 5.92 Å². The number of hydrogen-bond donors (Lipinski definition) is 3. The van der Waals surface area contributed by atoms with Crippen LogP contribution in [-0.2, 0) is 9.47 Å². The highest BCUT2D eigenvalue weighted by molar-refractivity contribution is 5.89. The molecule has 106 valence electrons. The van der Waals surface area contributed by atoms with Crippen LogP contribution in [0, 0.1) is 12.3 Å². The number of aliphatic hydroxyl groups excluding tert-OH is 2. The molecule has 20 heavy (non-hydrogen) atoms. The Kier molecular flexibility index (Phi) is 4.06. The van der Waals surface area contributed by atoms with Gasteiger partial charge in [-0.3, -0.25) is 0 Å². The third-order valence-electron chi connectivity index (χ3n) is 3.12. The molecule has 1 aromatic carbocycles. The number of aliphatic hydroxyl groups is 3. The van der Waals surface area contributed by atoms with Crippen molar-refractivity contribution in [2.24, 2.45) is 0 Å². The Balaban J connectivity index is 2.01. The van der Waals surface area contributed by atoms with Crippen LogP contribution in [-0.4, -0.2) is 52.0 Å². The van der Waals surface area contributed by atoms with Crippen molar-refractivity contribution >= 4 is 5.97 Å². The Labute approximate surface area is 115 Å². The Hall–Kier alpha value is -1.91. The van der Waals surface area contributed by atoms with Gasteiger partial charge in [-0.2, -0.15) is 0 Å². The van der Waals surface area contributed by atoms with Gasteiger partial charge in [-0.1, -0.05) is 24.1 Å². The molecule has 3 N–H and O–H groups in total. The van der Waals surface area contributed by atoms with Gasteiger partial charge in [-0.15, -0.1) is 6.42 Å². The van der Waals surface area contributed by atoms with Gasteiger partial charge < -0.3 is 24.8 Å². The van der Waals surface area contributed by atoms with Crippen molar-refractivity contribution < 1.29 is 29.6 Å². The molecule has 6 heteroatoms. The molecule has 1 unspecified atom stereocenters. The monoisotopic (exact) mass is 278 g/mol. The summed E-state index contributed by atoms with van der Waals surface area (Å²) in [4.78, 5) is 11.7. The van der Waals surface area contributed by atoms with E-state index in [0.29, 0.717) is 5.56 Å². The Morgan fingerprint density at radius 3 is 2.65 bits per heavy atom. The molecule has 0 saturated carbocycles. The topological polar surface area (TPSA) is 96.2 Å². The highest BCUT2D eigenvalue weighted by Crippen LogP contribution is 2.30. The van der Waals surface area contributed by atoms with Gasteiger partial charge in [0.1, 0.15) is 18.8 Å². The molecule has 6 nitrogen and oxygen atoms in total. The molecular weight excluding hydrogens is 264 g/mol. The smallest absolute Gasteiger partial charge is 0.338 e. The highest BCUT2D eigenvalue weighted by Gasteiger charge is 2.54. The molecule has 0 amide bonds. The molecule has 0 aliphatic carbocycles. The maximum atomic E-state index is 11.7. The van der Waals surface area contributed by atoms with Gasteiger partial charge in [-0.05, 0) is 12.1 Å². The highest BCUT2D eigenvalue weighted by atomic mass is 16.7. The van der Waals surface area contributed by atoms with Gasteiger partial charge in [0.15, 0.2) is 11.9 Å². The fraction of sp³-hybridized carbons (Fsp3) is 0.357. The molecule has 4 atom stereocenters. The zero-order valence-corrected chi connectivity index (χ0v) is 10.5.